The molecular formula is C11H16BrNO2. The van der Waals surface area contributed by atoms with Gasteiger partial charge in [0.2, 0.25) is 0 Å². The Bertz CT molecular complexity index is 317. The lowest BCUT2D eigenvalue weighted by molar-refractivity contribution is 0.0716. The number of methoxy groups -OCH3 is 1. The van der Waals surface area contributed by atoms with Crippen molar-refractivity contribution in [3.8, 4) is 5.75 Å². The highest BCUT2D eigenvalue weighted by atomic mass is 79.9. The Kier molecular flexibility index (Phi) is 5.08. The molecule has 0 heterocycles. The van der Waals surface area contributed by atoms with Crippen molar-refractivity contribution >= 4 is 15.9 Å². The van der Waals surface area contributed by atoms with Crippen LogP contribution in [0.15, 0.2) is 22.7 Å². The van der Waals surface area contributed by atoms with Gasteiger partial charge in [0, 0.05) is 18.1 Å². The Morgan fingerprint density at radius 1 is 1.47 bits per heavy atom. The molecule has 0 spiro atoms. The second kappa shape index (κ2) is 6.10. The maximum absolute atomic E-state index is 5.59. The van der Waals surface area contributed by atoms with Gasteiger partial charge in [0.05, 0.1) is 6.10 Å². The molecule has 0 bridgehead atoms. The van der Waals surface area contributed by atoms with E-state index < -0.39 is 0 Å². The van der Waals surface area contributed by atoms with E-state index in [1.165, 1.54) is 0 Å². The van der Waals surface area contributed by atoms with Gasteiger partial charge in [0.15, 0.2) is 0 Å². The van der Waals surface area contributed by atoms with E-state index >= 15 is 0 Å². The molecule has 0 amide bonds. The van der Waals surface area contributed by atoms with E-state index in [-0.39, 0.29) is 6.10 Å². The van der Waals surface area contributed by atoms with E-state index in [2.05, 4.69) is 15.9 Å². The summed E-state index contributed by atoms with van der Waals surface area (Å²) in [6, 6.07) is 5.78. The van der Waals surface area contributed by atoms with Crippen LogP contribution >= 0.6 is 15.9 Å². The summed E-state index contributed by atoms with van der Waals surface area (Å²) in [5.74, 6) is 0.822. The zero-order valence-corrected chi connectivity index (χ0v) is 10.6. The van der Waals surface area contributed by atoms with Crippen LogP contribution in [0, 0.1) is 0 Å². The molecule has 0 saturated heterocycles. The topological polar surface area (TPSA) is 44.5 Å². The minimum absolute atomic E-state index is 0.0926. The van der Waals surface area contributed by atoms with E-state index in [9.17, 15) is 0 Å². The fraction of sp³-hybridized carbons (Fsp3) is 0.455. The number of hydrogen-bond acceptors (Lipinski definition) is 3. The van der Waals surface area contributed by atoms with E-state index in [0.29, 0.717) is 13.2 Å². The number of nitrogens with two attached hydrogens (primary N) is 1. The predicted molar refractivity (Wildman–Crippen MR) is 64.0 cm³/mol. The fourth-order valence-electron chi connectivity index (χ4n) is 1.08. The summed E-state index contributed by atoms with van der Waals surface area (Å²) < 4.78 is 11.7. The van der Waals surface area contributed by atoms with Crippen molar-refractivity contribution in [3.05, 3.63) is 28.2 Å². The smallest absolute Gasteiger partial charge is 0.119 e. The second-order valence-corrected chi connectivity index (χ2v) is 4.17. The molecule has 1 rings (SSSR count). The molecule has 1 atom stereocenters. The molecule has 15 heavy (non-hydrogen) atoms. The monoisotopic (exact) mass is 273 g/mol. The standard InChI is InChI=1S/C11H16BrNO2/c1-8(14-2)7-15-10-3-4-11(12)9(5-10)6-13/h3-5,8H,6-7,13H2,1-2H3. The molecule has 2 N–H and O–H groups in total. The summed E-state index contributed by atoms with van der Waals surface area (Å²) in [7, 11) is 1.67. The predicted octanol–water partition coefficient (Wildman–Crippen LogP) is 2.32. The van der Waals surface area contributed by atoms with E-state index in [1.54, 1.807) is 7.11 Å². The maximum Gasteiger partial charge on any atom is 0.119 e. The molecule has 0 aliphatic rings. The summed E-state index contributed by atoms with van der Waals surface area (Å²) in [4.78, 5) is 0. The number of benzene rings is 1. The van der Waals surface area contributed by atoms with Crippen LogP contribution in [0.4, 0.5) is 0 Å². The quantitative estimate of drug-likeness (QED) is 0.896. The summed E-state index contributed by atoms with van der Waals surface area (Å²) in [5, 5.41) is 0. The lowest BCUT2D eigenvalue weighted by Gasteiger charge is -2.12. The van der Waals surface area contributed by atoms with Gasteiger partial charge >= 0.3 is 0 Å². The Hall–Kier alpha value is -0.580. The third kappa shape index (κ3) is 3.81. The normalized spacial score (nSPS) is 12.5. The number of ether oxygens (including phenoxy) is 2. The minimum Gasteiger partial charge on any atom is -0.491 e. The number of halogens is 1. The van der Waals surface area contributed by atoms with Crippen LogP contribution in [0.25, 0.3) is 0 Å². The van der Waals surface area contributed by atoms with Crippen LogP contribution in [-0.2, 0) is 11.3 Å². The van der Waals surface area contributed by atoms with Crippen LogP contribution in [0.5, 0.6) is 5.75 Å². The van der Waals surface area contributed by atoms with Gasteiger partial charge < -0.3 is 15.2 Å². The van der Waals surface area contributed by atoms with Crippen molar-refractivity contribution in [3.63, 3.8) is 0 Å². The van der Waals surface area contributed by atoms with Crippen molar-refractivity contribution < 1.29 is 9.47 Å². The van der Waals surface area contributed by atoms with Gasteiger partial charge in [-0.25, -0.2) is 0 Å². The molecule has 0 aliphatic carbocycles. The number of hydrogen-bond donors (Lipinski definition) is 1. The van der Waals surface area contributed by atoms with Crippen molar-refractivity contribution in [1.82, 2.24) is 0 Å². The first kappa shape index (κ1) is 12.5. The summed E-state index contributed by atoms with van der Waals surface area (Å²) in [5.41, 5.74) is 6.63. The first-order chi connectivity index (χ1) is 7.17. The first-order valence-electron chi connectivity index (χ1n) is 4.81. The van der Waals surface area contributed by atoms with E-state index in [0.717, 1.165) is 15.8 Å². The van der Waals surface area contributed by atoms with Crippen molar-refractivity contribution in [1.29, 1.82) is 0 Å². The van der Waals surface area contributed by atoms with Crippen molar-refractivity contribution in [2.75, 3.05) is 13.7 Å². The third-order valence-corrected chi connectivity index (χ3v) is 2.90. The van der Waals surface area contributed by atoms with E-state index in [1.807, 2.05) is 25.1 Å². The van der Waals surface area contributed by atoms with Crippen LogP contribution in [-0.4, -0.2) is 19.8 Å². The van der Waals surface area contributed by atoms with Gasteiger partial charge in [-0.05, 0) is 30.7 Å². The minimum atomic E-state index is 0.0926. The van der Waals surface area contributed by atoms with Crippen molar-refractivity contribution in [2.24, 2.45) is 5.73 Å². The summed E-state index contributed by atoms with van der Waals surface area (Å²) in [6.45, 7) is 3.00. The zero-order chi connectivity index (χ0) is 11.3. The SMILES string of the molecule is COC(C)COc1ccc(Br)c(CN)c1. The molecule has 0 aromatic heterocycles. The largest absolute Gasteiger partial charge is 0.491 e. The third-order valence-electron chi connectivity index (χ3n) is 2.12. The lowest BCUT2D eigenvalue weighted by Crippen LogP contribution is -2.16. The highest BCUT2D eigenvalue weighted by molar-refractivity contribution is 9.10. The molecule has 1 unspecified atom stereocenters. The van der Waals surface area contributed by atoms with Gasteiger partial charge in [0.25, 0.3) is 0 Å². The second-order valence-electron chi connectivity index (χ2n) is 3.31. The Balaban J connectivity index is 2.62. The van der Waals surface area contributed by atoms with Gasteiger partial charge in [-0.2, -0.15) is 0 Å². The molecular weight excluding hydrogens is 258 g/mol. The first-order valence-corrected chi connectivity index (χ1v) is 5.60. The van der Waals surface area contributed by atoms with Gasteiger partial charge in [-0.1, -0.05) is 15.9 Å². The fourth-order valence-corrected chi connectivity index (χ4v) is 1.49. The summed E-state index contributed by atoms with van der Waals surface area (Å²) >= 11 is 3.42. The molecule has 4 heteroatoms. The highest BCUT2D eigenvalue weighted by Crippen LogP contribution is 2.22. The van der Waals surface area contributed by atoms with Crippen molar-refractivity contribution in [2.45, 2.75) is 19.6 Å². The molecule has 1 aromatic carbocycles. The molecule has 0 aliphatic heterocycles. The molecule has 3 nitrogen and oxygen atoms in total. The molecule has 84 valence electrons. The Labute approximate surface area is 98.7 Å². The number of rotatable bonds is 5. The van der Waals surface area contributed by atoms with Gasteiger partial charge in [-0.15, -0.1) is 0 Å². The Morgan fingerprint density at radius 2 is 2.20 bits per heavy atom. The Morgan fingerprint density at radius 3 is 2.80 bits per heavy atom. The van der Waals surface area contributed by atoms with E-state index in [4.69, 9.17) is 15.2 Å². The van der Waals surface area contributed by atoms with Crippen LogP contribution < -0.4 is 10.5 Å². The van der Waals surface area contributed by atoms with Crippen LogP contribution in [0.2, 0.25) is 0 Å². The highest BCUT2D eigenvalue weighted by Gasteiger charge is 2.03. The van der Waals surface area contributed by atoms with Crippen LogP contribution in [0.3, 0.4) is 0 Å². The lowest BCUT2D eigenvalue weighted by atomic mass is 10.2. The molecule has 0 fully saturated rings. The van der Waals surface area contributed by atoms with Gasteiger partial charge in [0.1, 0.15) is 12.4 Å². The average molecular weight is 274 g/mol. The molecule has 0 saturated carbocycles. The average Bonchev–Trinajstić information content (AvgIpc) is 2.27. The molecule has 1 aromatic rings. The van der Waals surface area contributed by atoms with Gasteiger partial charge in [-0.3, -0.25) is 0 Å². The maximum atomic E-state index is 5.59. The summed E-state index contributed by atoms with van der Waals surface area (Å²) in [6.07, 6.45) is 0.0926. The van der Waals surface area contributed by atoms with Crippen LogP contribution in [0.1, 0.15) is 12.5 Å². The zero-order valence-electron chi connectivity index (χ0n) is 9.00. The molecule has 0 radical (unpaired) electrons.